The van der Waals surface area contributed by atoms with Crippen LogP contribution in [0.15, 0.2) is 78.0 Å². The van der Waals surface area contributed by atoms with Crippen molar-refractivity contribution in [2.45, 2.75) is 10.9 Å². The van der Waals surface area contributed by atoms with E-state index in [-0.39, 0.29) is 0 Å². The molecule has 4 rings (SSSR count). The smallest absolute Gasteiger partial charge is 0.248 e. The molecule has 0 atom stereocenters. The van der Waals surface area contributed by atoms with Crippen molar-refractivity contribution in [3.8, 4) is 22.8 Å². The number of primary amides is 1. The van der Waals surface area contributed by atoms with E-state index in [1.54, 1.807) is 31.0 Å². The molecule has 0 aliphatic heterocycles. The highest BCUT2D eigenvalue weighted by Crippen LogP contribution is 2.31. The van der Waals surface area contributed by atoms with Crippen molar-refractivity contribution in [3.05, 3.63) is 88.9 Å². The van der Waals surface area contributed by atoms with Crippen molar-refractivity contribution < 1.29 is 9.53 Å². The van der Waals surface area contributed by atoms with E-state index >= 15 is 0 Å². The van der Waals surface area contributed by atoms with Gasteiger partial charge in [-0.05, 0) is 54.1 Å². The molecule has 3 aromatic carbocycles. The highest BCUT2D eigenvalue weighted by atomic mass is 35.5. The van der Waals surface area contributed by atoms with Crippen LogP contribution < -0.4 is 10.5 Å². The number of ether oxygens (including phenoxy) is 1. The Morgan fingerprint density at radius 3 is 2.48 bits per heavy atom. The number of carbonyl (C=O) groups is 1. The Hall–Kier alpha value is -3.29. The zero-order valence-corrected chi connectivity index (χ0v) is 18.2. The number of nitrogens with zero attached hydrogens (tertiary/aromatic N) is 3. The first-order chi connectivity index (χ1) is 15.0. The van der Waals surface area contributed by atoms with Crippen LogP contribution in [-0.4, -0.2) is 27.8 Å². The van der Waals surface area contributed by atoms with Crippen LogP contribution in [0.4, 0.5) is 0 Å². The molecule has 1 aromatic heterocycles. The summed E-state index contributed by atoms with van der Waals surface area (Å²) in [6, 6.07) is 22.5. The lowest BCUT2D eigenvalue weighted by Gasteiger charge is -2.11. The topological polar surface area (TPSA) is 83.0 Å². The molecule has 1 heterocycles. The Morgan fingerprint density at radius 2 is 1.81 bits per heavy atom. The summed E-state index contributed by atoms with van der Waals surface area (Å²) >= 11 is 7.64. The second kappa shape index (κ2) is 9.24. The number of nitrogens with two attached hydrogens (primary N) is 1. The quantitative estimate of drug-likeness (QED) is 0.401. The van der Waals surface area contributed by atoms with E-state index in [1.165, 1.54) is 0 Å². The highest BCUT2D eigenvalue weighted by Gasteiger charge is 2.17. The zero-order valence-electron chi connectivity index (χ0n) is 16.7. The van der Waals surface area contributed by atoms with Gasteiger partial charge < -0.3 is 10.5 Å². The first-order valence-corrected chi connectivity index (χ1v) is 10.8. The number of aromatic nitrogens is 3. The average Bonchev–Trinajstić information content (AvgIpc) is 3.22. The molecule has 0 unspecified atom stereocenters. The highest BCUT2D eigenvalue weighted by molar-refractivity contribution is 7.98. The molecule has 0 saturated carbocycles. The summed E-state index contributed by atoms with van der Waals surface area (Å²) in [4.78, 5) is 11.3. The maximum Gasteiger partial charge on any atom is 0.248 e. The van der Waals surface area contributed by atoms with E-state index in [4.69, 9.17) is 22.1 Å². The molecule has 0 aliphatic rings. The lowest BCUT2D eigenvalue weighted by Crippen LogP contribution is -2.10. The van der Waals surface area contributed by atoms with Crippen LogP contribution in [0.1, 0.15) is 15.9 Å². The molecule has 0 aliphatic carbocycles. The summed E-state index contributed by atoms with van der Waals surface area (Å²) in [6.07, 6.45) is 0. The summed E-state index contributed by atoms with van der Waals surface area (Å²) in [5.74, 6) is 1.66. The van der Waals surface area contributed by atoms with Gasteiger partial charge in [0.2, 0.25) is 5.91 Å². The minimum atomic E-state index is -0.440. The van der Waals surface area contributed by atoms with E-state index in [0.29, 0.717) is 22.2 Å². The Morgan fingerprint density at radius 1 is 1.06 bits per heavy atom. The summed E-state index contributed by atoms with van der Waals surface area (Å²) in [5, 5.41) is 10.3. The Bertz CT molecular complexity index is 1210. The van der Waals surface area contributed by atoms with Crippen molar-refractivity contribution in [2.75, 3.05) is 7.11 Å². The van der Waals surface area contributed by atoms with Gasteiger partial charge in [0, 0.05) is 27.6 Å². The minimum absolute atomic E-state index is 0.440. The first kappa shape index (κ1) is 21.0. The van der Waals surface area contributed by atoms with Gasteiger partial charge in [-0.25, -0.2) is 0 Å². The second-order valence-electron chi connectivity index (χ2n) is 6.70. The number of thioether (sulfide) groups is 1. The third-order valence-electron chi connectivity index (χ3n) is 4.65. The molecule has 0 radical (unpaired) electrons. The van der Waals surface area contributed by atoms with Crippen LogP contribution in [-0.2, 0) is 5.75 Å². The molecule has 1 amide bonds. The zero-order chi connectivity index (χ0) is 21.8. The number of benzene rings is 3. The molecule has 0 fully saturated rings. The molecular formula is C23H19ClN4O2S. The van der Waals surface area contributed by atoms with Crippen LogP contribution in [0, 0.1) is 0 Å². The van der Waals surface area contributed by atoms with E-state index in [0.717, 1.165) is 27.7 Å². The van der Waals surface area contributed by atoms with Crippen LogP contribution in [0.25, 0.3) is 17.1 Å². The maximum atomic E-state index is 11.3. The van der Waals surface area contributed by atoms with Crippen LogP contribution in [0.2, 0.25) is 5.02 Å². The van der Waals surface area contributed by atoms with E-state index < -0.39 is 5.91 Å². The molecule has 31 heavy (non-hydrogen) atoms. The maximum absolute atomic E-state index is 11.3. The molecule has 4 aromatic rings. The Kier molecular flexibility index (Phi) is 6.25. The predicted octanol–water partition coefficient (Wildman–Crippen LogP) is 4.99. The lowest BCUT2D eigenvalue weighted by molar-refractivity contribution is 0.100. The fraction of sp³-hybridized carbons (Fsp3) is 0.0870. The standard InChI is InChI=1S/C23H19ClN4O2S/c1-30-20-4-2-3-17(13-20)22-26-27-23(28(22)19-11-9-18(24)10-12-19)31-14-15-5-7-16(8-6-15)21(25)29/h2-13H,14H2,1H3,(H2,25,29). The summed E-state index contributed by atoms with van der Waals surface area (Å²) in [5.41, 5.74) is 8.64. The van der Waals surface area contributed by atoms with Crippen molar-refractivity contribution >= 4 is 29.3 Å². The van der Waals surface area contributed by atoms with Crippen LogP contribution in [0.5, 0.6) is 5.75 Å². The number of halogens is 1. The van der Waals surface area contributed by atoms with E-state index in [1.807, 2.05) is 65.2 Å². The Labute approximate surface area is 189 Å². The summed E-state index contributed by atoms with van der Waals surface area (Å²) in [6.45, 7) is 0. The first-order valence-electron chi connectivity index (χ1n) is 9.42. The number of hydrogen-bond acceptors (Lipinski definition) is 5. The van der Waals surface area contributed by atoms with Gasteiger partial charge in [-0.1, -0.05) is 47.6 Å². The molecule has 2 N–H and O–H groups in total. The summed E-state index contributed by atoms with van der Waals surface area (Å²) in [7, 11) is 1.63. The largest absolute Gasteiger partial charge is 0.497 e. The molecule has 156 valence electrons. The second-order valence-corrected chi connectivity index (χ2v) is 8.08. The molecular weight excluding hydrogens is 432 g/mol. The van der Waals surface area contributed by atoms with Gasteiger partial charge in [0.25, 0.3) is 0 Å². The van der Waals surface area contributed by atoms with Crippen molar-refractivity contribution in [3.63, 3.8) is 0 Å². The van der Waals surface area contributed by atoms with Crippen LogP contribution in [0.3, 0.4) is 0 Å². The van der Waals surface area contributed by atoms with Crippen molar-refractivity contribution in [1.82, 2.24) is 14.8 Å². The van der Waals surface area contributed by atoms with Crippen molar-refractivity contribution in [2.24, 2.45) is 5.73 Å². The number of methoxy groups -OCH3 is 1. The van der Waals surface area contributed by atoms with Gasteiger partial charge in [-0.15, -0.1) is 10.2 Å². The molecule has 8 heteroatoms. The summed E-state index contributed by atoms with van der Waals surface area (Å²) < 4.78 is 7.36. The fourth-order valence-corrected chi connectivity index (χ4v) is 4.08. The lowest BCUT2D eigenvalue weighted by atomic mass is 10.1. The third kappa shape index (κ3) is 4.73. The predicted molar refractivity (Wildman–Crippen MR) is 123 cm³/mol. The normalized spacial score (nSPS) is 10.8. The van der Waals surface area contributed by atoms with Gasteiger partial charge in [0.1, 0.15) is 5.75 Å². The third-order valence-corrected chi connectivity index (χ3v) is 5.90. The van der Waals surface area contributed by atoms with Gasteiger partial charge in [0.05, 0.1) is 7.11 Å². The average molecular weight is 451 g/mol. The van der Waals surface area contributed by atoms with E-state index in [2.05, 4.69) is 10.2 Å². The van der Waals surface area contributed by atoms with Crippen molar-refractivity contribution in [1.29, 1.82) is 0 Å². The Balaban J connectivity index is 1.69. The van der Waals surface area contributed by atoms with Gasteiger partial charge in [0.15, 0.2) is 11.0 Å². The molecule has 0 bridgehead atoms. The molecule has 0 spiro atoms. The van der Waals surface area contributed by atoms with E-state index in [9.17, 15) is 4.79 Å². The van der Waals surface area contributed by atoms with Crippen LogP contribution >= 0.6 is 23.4 Å². The number of rotatable bonds is 7. The SMILES string of the molecule is COc1cccc(-c2nnc(SCc3ccc(C(N)=O)cc3)n2-c2ccc(Cl)cc2)c1. The minimum Gasteiger partial charge on any atom is -0.497 e. The van der Waals surface area contributed by atoms with Gasteiger partial charge in [-0.3, -0.25) is 9.36 Å². The number of hydrogen-bond donors (Lipinski definition) is 1. The molecule has 6 nitrogen and oxygen atoms in total. The fourth-order valence-electron chi connectivity index (χ4n) is 3.05. The van der Waals surface area contributed by atoms with Gasteiger partial charge >= 0.3 is 0 Å². The van der Waals surface area contributed by atoms with Gasteiger partial charge in [-0.2, -0.15) is 0 Å². The molecule has 0 saturated heterocycles. The number of amides is 1. The number of carbonyl (C=O) groups excluding carboxylic acids is 1. The monoisotopic (exact) mass is 450 g/mol.